The first-order chi connectivity index (χ1) is 7.66. The third-order valence-electron chi connectivity index (χ3n) is 2.32. The lowest BCUT2D eigenvalue weighted by atomic mass is 10.1. The highest BCUT2D eigenvalue weighted by Crippen LogP contribution is 2.13. The van der Waals surface area contributed by atoms with E-state index in [2.05, 4.69) is 20.1 Å². The van der Waals surface area contributed by atoms with Crippen molar-refractivity contribution >= 4 is 0 Å². The normalized spacial score (nSPS) is 12.7. The van der Waals surface area contributed by atoms with Gasteiger partial charge in [0, 0.05) is 19.7 Å². The minimum Gasteiger partial charge on any atom is -0.386 e. The van der Waals surface area contributed by atoms with Crippen LogP contribution in [0.2, 0.25) is 0 Å². The van der Waals surface area contributed by atoms with Crippen molar-refractivity contribution in [2.75, 3.05) is 0 Å². The third kappa shape index (κ3) is 2.22. The molecule has 0 fully saturated rings. The fourth-order valence-electron chi connectivity index (χ4n) is 1.44. The van der Waals surface area contributed by atoms with E-state index in [1.165, 1.54) is 6.33 Å². The van der Waals surface area contributed by atoms with Gasteiger partial charge in [-0.15, -0.1) is 0 Å². The van der Waals surface area contributed by atoms with E-state index < -0.39 is 6.10 Å². The number of aliphatic hydroxyl groups excluding tert-OH is 1. The van der Waals surface area contributed by atoms with E-state index in [1.54, 1.807) is 30.9 Å². The molecule has 0 saturated heterocycles. The Kier molecular flexibility index (Phi) is 2.91. The van der Waals surface area contributed by atoms with Crippen molar-refractivity contribution in [3.63, 3.8) is 0 Å². The number of aryl methyl sites for hydroxylation is 2. The van der Waals surface area contributed by atoms with Gasteiger partial charge in [-0.05, 0) is 13.0 Å². The number of hydrogen-bond donors (Lipinski definition) is 1. The molecule has 6 nitrogen and oxygen atoms in total. The zero-order valence-electron chi connectivity index (χ0n) is 9.20. The van der Waals surface area contributed by atoms with E-state index in [1.807, 2.05) is 0 Å². The van der Waals surface area contributed by atoms with Gasteiger partial charge in [0.05, 0.1) is 5.69 Å². The summed E-state index contributed by atoms with van der Waals surface area (Å²) in [6.07, 6.45) is 2.82. The molecule has 2 heterocycles. The Morgan fingerprint density at radius 1 is 1.44 bits per heavy atom. The maximum absolute atomic E-state index is 9.97. The Hall–Kier alpha value is -1.82. The van der Waals surface area contributed by atoms with Gasteiger partial charge in [0.2, 0.25) is 0 Å². The van der Waals surface area contributed by atoms with Crippen LogP contribution >= 0.6 is 0 Å². The van der Waals surface area contributed by atoms with Gasteiger partial charge < -0.3 is 5.11 Å². The van der Waals surface area contributed by atoms with Crippen molar-refractivity contribution in [2.45, 2.75) is 19.4 Å². The minimum absolute atomic E-state index is 0.396. The predicted octanol–water partition coefficient (Wildman–Crippen LogP) is 0.190. The Morgan fingerprint density at radius 2 is 2.25 bits per heavy atom. The maximum atomic E-state index is 9.97. The van der Waals surface area contributed by atoms with Crippen molar-refractivity contribution in [1.29, 1.82) is 0 Å². The number of aliphatic hydroxyl groups is 1. The van der Waals surface area contributed by atoms with Gasteiger partial charge >= 0.3 is 0 Å². The van der Waals surface area contributed by atoms with E-state index in [-0.39, 0.29) is 0 Å². The van der Waals surface area contributed by atoms with Crippen LogP contribution in [-0.2, 0) is 13.5 Å². The van der Waals surface area contributed by atoms with Crippen LogP contribution < -0.4 is 0 Å². The summed E-state index contributed by atoms with van der Waals surface area (Å²) in [6, 6.07) is 1.70. The molecule has 0 spiro atoms. The number of nitrogens with zero attached hydrogens (tertiary/aromatic N) is 5. The smallest absolute Gasteiger partial charge is 0.138 e. The van der Waals surface area contributed by atoms with Gasteiger partial charge in [-0.25, -0.2) is 15.0 Å². The molecule has 0 saturated carbocycles. The SMILES string of the molecule is Cc1nccc(C(O)Cc2ncnn2C)n1. The second-order valence-corrected chi connectivity index (χ2v) is 3.55. The van der Waals surface area contributed by atoms with Crippen LogP contribution in [0.1, 0.15) is 23.4 Å². The second-order valence-electron chi connectivity index (χ2n) is 3.55. The summed E-state index contributed by atoms with van der Waals surface area (Å²) in [4.78, 5) is 12.2. The lowest BCUT2D eigenvalue weighted by molar-refractivity contribution is 0.169. The highest BCUT2D eigenvalue weighted by atomic mass is 16.3. The Morgan fingerprint density at radius 3 is 2.88 bits per heavy atom. The standard InChI is InChI=1S/C10H13N5O/c1-7-11-4-3-8(14-7)9(16)5-10-12-6-13-15(10)2/h3-4,6,9,16H,5H2,1-2H3. The minimum atomic E-state index is -0.676. The predicted molar refractivity (Wildman–Crippen MR) is 56.4 cm³/mol. The van der Waals surface area contributed by atoms with E-state index in [0.29, 0.717) is 17.9 Å². The average Bonchev–Trinajstić information content (AvgIpc) is 2.64. The number of rotatable bonds is 3. The van der Waals surface area contributed by atoms with Crippen LogP contribution in [0.4, 0.5) is 0 Å². The Labute approximate surface area is 93.0 Å². The molecule has 1 N–H and O–H groups in total. The molecule has 0 aromatic carbocycles. The van der Waals surface area contributed by atoms with Crippen molar-refractivity contribution in [1.82, 2.24) is 24.7 Å². The molecule has 16 heavy (non-hydrogen) atoms. The summed E-state index contributed by atoms with van der Waals surface area (Å²) in [7, 11) is 1.79. The summed E-state index contributed by atoms with van der Waals surface area (Å²) < 4.78 is 1.64. The van der Waals surface area contributed by atoms with E-state index in [4.69, 9.17) is 0 Å². The first-order valence-electron chi connectivity index (χ1n) is 4.97. The fraction of sp³-hybridized carbons (Fsp3) is 0.400. The van der Waals surface area contributed by atoms with E-state index in [0.717, 1.165) is 5.82 Å². The van der Waals surface area contributed by atoms with Crippen LogP contribution in [0.3, 0.4) is 0 Å². The molecule has 0 aliphatic heterocycles. The summed E-state index contributed by atoms with van der Waals surface area (Å²) in [5.74, 6) is 1.37. The number of aromatic nitrogens is 5. The van der Waals surface area contributed by atoms with Crippen LogP contribution in [0.5, 0.6) is 0 Å². The van der Waals surface area contributed by atoms with Gasteiger partial charge in [-0.2, -0.15) is 5.10 Å². The lowest BCUT2D eigenvalue weighted by Gasteiger charge is -2.09. The molecule has 2 rings (SSSR count). The summed E-state index contributed by atoms with van der Waals surface area (Å²) in [5, 5.41) is 13.9. The fourth-order valence-corrected chi connectivity index (χ4v) is 1.44. The third-order valence-corrected chi connectivity index (χ3v) is 2.32. The van der Waals surface area contributed by atoms with Gasteiger partial charge in [0.15, 0.2) is 0 Å². The summed E-state index contributed by atoms with van der Waals surface area (Å²) >= 11 is 0. The molecule has 2 aromatic rings. The van der Waals surface area contributed by atoms with Gasteiger partial charge in [-0.1, -0.05) is 0 Å². The molecule has 6 heteroatoms. The molecule has 2 aromatic heterocycles. The first-order valence-corrected chi connectivity index (χ1v) is 4.97. The molecule has 0 amide bonds. The van der Waals surface area contributed by atoms with Crippen LogP contribution in [0.15, 0.2) is 18.6 Å². The first kappa shape index (κ1) is 10.7. The summed E-state index contributed by atoms with van der Waals surface area (Å²) in [6.45, 7) is 1.79. The molecular weight excluding hydrogens is 206 g/mol. The highest BCUT2D eigenvalue weighted by molar-refractivity contribution is 5.07. The average molecular weight is 219 g/mol. The monoisotopic (exact) mass is 219 g/mol. The Balaban J connectivity index is 2.14. The Bertz CT molecular complexity index is 482. The highest BCUT2D eigenvalue weighted by Gasteiger charge is 2.13. The largest absolute Gasteiger partial charge is 0.386 e. The maximum Gasteiger partial charge on any atom is 0.138 e. The van der Waals surface area contributed by atoms with Crippen LogP contribution in [-0.4, -0.2) is 29.8 Å². The molecule has 1 unspecified atom stereocenters. The second kappa shape index (κ2) is 4.36. The van der Waals surface area contributed by atoms with Gasteiger partial charge in [-0.3, -0.25) is 4.68 Å². The van der Waals surface area contributed by atoms with Crippen molar-refractivity contribution in [3.8, 4) is 0 Å². The molecule has 84 valence electrons. The molecular formula is C10H13N5O. The van der Waals surface area contributed by atoms with E-state index in [9.17, 15) is 5.11 Å². The molecule has 0 bridgehead atoms. The van der Waals surface area contributed by atoms with Crippen LogP contribution in [0.25, 0.3) is 0 Å². The van der Waals surface area contributed by atoms with Crippen molar-refractivity contribution in [3.05, 3.63) is 35.9 Å². The van der Waals surface area contributed by atoms with Crippen molar-refractivity contribution in [2.24, 2.45) is 7.05 Å². The van der Waals surface area contributed by atoms with Gasteiger partial charge in [0.1, 0.15) is 24.1 Å². The quantitative estimate of drug-likeness (QED) is 0.797. The topological polar surface area (TPSA) is 76.7 Å². The zero-order chi connectivity index (χ0) is 11.5. The van der Waals surface area contributed by atoms with E-state index >= 15 is 0 Å². The molecule has 0 aliphatic carbocycles. The molecule has 0 aliphatic rings. The zero-order valence-corrected chi connectivity index (χ0v) is 9.20. The van der Waals surface area contributed by atoms with Crippen molar-refractivity contribution < 1.29 is 5.11 Å². The molecule has 0 radical (unpaired) electrons. The van der Waals surface area contributed by atoms with Gasteiger partial charge in [0.25, 0.3) is 0 Å². The summed E-state index contributed by atoms with van der Waals surface area (Å²) in [5.41, 5.74) is 0.607. The number of hydrogen-bond acceptors (Lipinski definition) is 5. The molecule has 1 atom stereocenters. The lowest BCUT2D eigenvalue weighted by Crippen LogP contribution is -2.09. The van der Waals surface area contributed by atoms with Crippen LogP contribution in [0, 0.1) is 6.92 Å².